The number of rotatable bonds is 10. The molecule has 0 aromatic heterocycles. The second-order valence-corrected chi connectivity index (χ2v) is 11.5. The van der Waals surface area contributed by atoms with Crippen LogP contribution >= 0.6 is 0 Å². The molecule has 2 aromatic rings. The second kappa shape index (κ2) is 11.9. The van der Waals surface area contributed by atoms with E-state index in [1.807, 2.05) is 0 Å². The van der Waals surface area contributed by atoms with E-state index in [2.05, 4.69) is 111 Å². The van der Waals surface area contributed by atoms with Gasteiger partial charge in [0.15, 0.2) is 0 Å². The molecule has 0 bridgehead atoms. The average Bonchev–Trinajstić information content (AvgIpc) is 3.35. The van der Waals surface area contributed by atoms with Crippen molar-refractivity contribution in [3.05, 3.63) is 108 Å². The van der Waals surface area contributed by atoms with Gasteiger partial charge in [-0.15, -0.1) is 0 Å². The maximum Gasteiger partial charge on any atom is 0.0900 e. The van der Waals surface area contributed by atoms with E-state index in [1.165, 1.54) is 28.0 Å². The summed E-state index contributed by atoms with van der Waals surface area (Å²) in [6.45, 7) is 23.6. The van der Waals surface area contributed by atoms with Crippen LogP contribution in [0.15, 0.2) is 96.6 Å². The van der Waals surface area contributed by atoms with Crippen LogP contribution in [0.4, 0.5) is 5.69 Å². The number of nitrogens with one attached hydrogen (secondary N) is 2. The van der Waals surface area contributed by atoms with Gasteiger partial charge in [0.2, 0.25) is 0 Å². The molecule has 1 fully saturated rings. The number of hydrogen-bond acceptors (Lipinski definition) is 4. The molecule has 200 valence electrons. The van der Waals surface area contributed by atoms with Gasteiger partial charge < -0.3 is 15.5 Å². The van der Waals surface area contributed by atoms with Crippen LogP contribution in [-0.2, 0) is 5.41 Å². The molecule has 38 heavy (non-hydrogen) atoms. The van der Waals surface area contributed by atoms with Gasteiger partial charge in [-0.1, -0.05) is 90.3 Å². The number of benzene rings is 2. The van der Waals surface area contributed by atoms with Crippen molar-refractivity contribution in [2.45, 2.75) is 71.3 Å². The minimum atomic E-state index is 0.127. The number of likely N-dealkylation sites (tertiary alicyclic amines) is 1. The zero-order valence-corrected chi connectivity index (χ0v) is 23.7. The summed E-state index contributed by atoms with van der Waals surface area (Å²) in [4.78, 5) is 7.62. The molecule has 0 unspecified atom stereocenters. The van der Waals surface area contributed by atoms with Gasteiger partial charge >= 0.3 is 0 Å². The minimum absolute atomic E-state index is 0.127. The van der Waals surface area contributed by atoms with Gasteiger partial charge in [-0.3, -0.25) is 4.99 Å². The molecule has 0 amide bonds. The van der Waals surface area contributed by atoms with E-state index in [4.69, 9.17) is 4.99 Å². The Morgan fingerprint density at radius 2 is 1.63 bits per heavy atom. The van der Waals surface area contributed by atoms with E-state index in [0.717, 1.165) is 68.0 Å². The number of anilines is 1. The molecular formula is C34H44N4. The van der Waals surface area contributed by atoms with Crippen LogP contribution in [0.2, 0.25) is 0 Å². The third kappa shape index (κ3) is 6.48. The number of aliphatic imine (C=N–C) groups is 1. The molecule has 2 aliphatic rings. The minimum Gasteiger partial charge on any atom is -0.381 e. The highest BCUT2D eigenvalue weighted by Crippen LogP contribution is 2.35. The van der Waals surface area contributed by atoms with Gasteiger partial charge in [-0.2, -0.15) is 0 Å². The SMILES string of the molecule is C=CNc1ccc(C2=C(C(=C)NC3CCN(C(=C)CCC)CC3)N=C(c3ccc(C(C)(C)C)cc3)C2)cc1. The summed E-state index contributed by atoms with van der Waals surface area (Å²) in [5.41, 5.74) is 10.3. The van der Waals surface area contributed by atoms with Crippen molar-refractivity contribution < 1.29 is 0 Å². The first-order valence-corrected chi connectivity index (χ1v) is 14.0. The molecule has 4 heteroatoms. The Balaban J connectivity index is 1.55. The third-order valence-corrected chi connectivity index (χ3v) is 7.61. The molecule has 0 radical (unpaired) electrons. The topological polar surface area (TPSA) is 39.7 Å². The van der Waals surface area contributed by atoms with E-state index < -0.39 is 0 Å². The van der Waals surface area contributed by atoms with Crippen LogP contribution in [0.5, 0.6) is 0 Å². The summed E-state index contributed by atoms with van der Waals surface area (Å²) in [7, 11) is 0. The van der Waals surface area contributed by atoms with Crippen LogP contribution in [-0.4, -0.2) is 29.7 Å². The lowest BCUT2D eigenvalue weighted by molar-refractivity contribution is 0.243. The first-order chi connectivity index (χ1) is 18.2. The standard InChI is InChI=1S/C34H44N4/c1-8-10-24(3)38-21-19-30(20-22-38)36-25(4)33-31(26-13-17-29(18-14-26)35-9-2)23-32(37-33)27-11-15-28(16-12-27)34(5,6)7/h9,11-18,30,35-36H,2-4,8,10,19-23H2,1,5-7H3. The van der Waals surface area contributed by atoms with Crippen molar-refractivity contribution >= 4 is 17.0 Å². The Hall–Kier alpha value is -3.53. The van der Waals surface area contributed by atoms with E-state index in [-0.39, 0.29) is 5.41 Å². The molecule has 4 nitrogen and oxygen atoms in total. The predicted octanol–water partition coefficient (Wildman–Crippen LogP) is 8.03. The molecule has 4 rings (SSSR count). The van der Waals surface area contributed by atoms with Crippen LogP contribution in [0.1, 0.15) is 76.5 Å². The first kappa shape index (κ1) is 27.5. The summed E-state index contributed by atoms with van der Waals surface area (Å²) < 4.78 is 0. The summed E-state index contributed by atoms with van der Waals surface area (Å²) in [6.07, 6.45) is 6.88. The number of allylic oxidation sites excluding steroid dienone is 2. The highest BCUT2D eigenvalue weighted by Gasteiger charge is 2.26. The Kier molecular flexibility index (Phi) is 8.61. The molecule has 0 saturated carbocycles. The fraction of sp³-hybridized carbons (Fsp3) is 0.382. The largest absolute Gasteiger partial charge is 0.381 e. The first-order valence-electron chi connectivity index (χ1n) is 14.0. The number of piperidine rings is 1. The van der Waals surface area contributed by atoms with E-state index in [0.29, 0.717) is 6.04 Å². The molecule has 0 atom stereocenters. The predicted molar refractivity (Wildman–Crippen MR) is 164 cm³/mol. The maximum atomic E-state index is 5.18. The fourth-order valence-electron chi connectivity index (χ4n) is 5.30. The Morgan fingerprint density at radius 3 is 2.21 bits per heavy atom. The van der Waals surface area contributed by atoms with Gasteiger partial charge in [-0.25, -0.2) is 0 Å². The summed E-state index contributed by atoms with van der Waals surface area (Å²) >= 11 is 0. The van der Waals surface area contributed by atoms with Gasteiger partial charge in [0.25, 0.3) is 0 Å². The highest BCUT2D eigenvalue weighted by atomic mass is 15.2. The third-order valence-electron chi connectivity index (χ3n) is 7.61. The van der Waals surface area contributed by atoms with E-state index >= 15 is 0 Å². The quantitative estimate of drug-likeness (QED) is 0.341. The monoisotopic (exact) mass is 508 g/mol. The van der Waals surface area contributed by atoms with Crippen molar-refractivity contribution in [3.8, 4) is 0 Å². The van der Waals surface area contributed by atoms with Crippen LogP contribution < -0.4 is 10.6 Å². The molecule has 0 aliphatic carbocycles. The fourth-order valence-corrected chi connectivity index (χ4v) is 5.30. The van der Waals surface area contributed by atoms with Gasteiger partial charge in [0, 0.05) is 36.9 Å². The van der Waals surface area contributed by atoms with Crippen LogP contribution in [0.25, 0.3) is 5.57 Å². The van der Waals surface area contributed by atoms with Gasteiger partial charge in [0.05, 0.1) is 17.1 Å². The zero-order chi connectivity index (χ0) is 27.3. The van der Waals surface area contributed by atoms with Crippen molar-refractivity contribution in [1.29, 1.82) is 0 Å². The molecule has 2 N–H and O–H groups in total. The summed E-state index contributed by atoms with van der Waals surface area (Å²) in [6, 6.07) is 17.8. The Bertz CT molecular complexity index is 1210. The van der Waals surface area contributed by atoms with E-state index in [1.54, 1.807) is 6.20 Å². The number of hydrogen-bond donors (Lipinski definition) is 2. The molecule has 0 spiro atoms. The van der Waals surface area contributed by atoms with E-state index in [9.17, 15) is 0 Å². The lowest BCUT2D eigenvalue weighted by Gasteiger charge is -2.35. The molecule has 1 saturated heterocycles. The lowest BCUT2D eigenvalue weighted by Crippen LogP contribution is -2.41. The molecule has 2 aromatic carbocycles. The summed E-state index contributed by atoms with van der Waals surface area (Å²) in [5, 5.41) is 6.91. The Labute approximate surface area is 230 Å². The normalized spacial score (nSPS) is 16.3. The molecule has 2 aliphatic heterocycles. The van der Waals surface area contributed by atoms with Crippen molar-refractivity contribution in [1.82, 2.24) is 10.2 Å². The molecular weight excluding hydrogens is 464 g/mol. The van der Waals surface area contributed by atoms with Crippen LogP contribution in [0, 0.1) is 0 Å². The molecule has 2 heterocycles. The maximum absolute atomic E-state index is 5.18. The highest BCUT2D eigenvalue weighted by molar-refractivity contribution is 6.10. The number of nitrogens with zero attached hydrogens (tertiary/aromatic N) is 2. The van der Waals surface area contributed by atoms with Crippen molar-refractivity contribution in [3.63, 3.8) is 0 Å². The summed E-state index contributed by atoms with van der Waals surface area (Å²) in [5.74, 6) is 0. The van der Waals surface area contributed by atoms with Crippen molar-refractivity contribution in [2.24, 2.45) is 4.99 Å². The van der Waals surface area contributed by atoms with Gasteiger partial charge in [-0.05, 0) is 65.3 Å². The Morgan fingerprint density at radius 1 is 1.00 bits per heavy atom. The second-order valence-electron chi connectivity index (χ2n) is 11.5. The smallest absolute Gasteiger partial charge is 0.0900 e. The van der Waals surface area contributed by atoms with Crippen LogP contribution in [0.3, 0.4) is 0 Å². The zero-order valence-electron chi connectivity index (χ0n) is 23.7. The lowest BCUT2D eigenvalue weighted by atomic mass is 9.86. The average molecular weight is 509 g/mol. The van der Waals surface area contributed by atoms with Crippen molar-refractivity contribution in [2.75, 3.05) is 18.4 Å². The van der Waals surface area contributed by atoms with Gasteiger partial charge in [0.1, 0.15) is 0 Å².